The molecule has 0 saturated heterocycles. The number of alkyl halides is 3. The van der Waals surface area contributed by atoms with Crippen molar-refractivity contribution in [1.29, 1.82) is 0 Å². The van der Waals surface area contributed by atoms with E-state index >= 15 is 0 Å². The van der Waals surface area contributed by atoms with E-state index in [1.807, 2.05) is 0 Å². The number of hydrogen-bond acceptors (Lipinski definition) is 6. The number of phenolic OH excluding ortho intramolecular Hbond substituents is 1. The van der Waals surface area contributed by atoms with Gasteiger partial charge in [0.05, 0.1) is 25.6 Å². The second-order valence-electron chi connectivity index (χ2n) is 7.01. The van der Waals surface area contributed by atoms with E-state index in [1.165, 1.54) is 44.6 Å². The van der Waals surface area contributed by atoms with E-state index in [0.717, 1.165) is 12.1 Å². The molecule has 0 fully saturated rings. The minimum absolute atomic E-state index is 0.0138. The zero-order chi connectivity index (χ0) is 24.6. The van der Waals surface area contributed by atoms with Gasteiger partial charge < -0.3 is 19.9 Å². The van der Waals surface area contributed by atoms with Crippen molar-refractivity contribution in [2.75, 3.05) is 19.5 Å². The Balaban J connectivity index is 1.80. The van der Waals surface area contributed by atoms with E-state index in [2.05, 4.69) is 15.4 Å². The summed E-state index contributed by atoms with van der Waals surface area (Å²) in [6.07, 6.45) is -4.79. The molecular formula is C22H16ClF3N4O4. The maximum absolute atomic E-state index is 13.9. The maximum atomic E-state index is 13.9. The van der Waals surface area contributed by atoms with Gasteiger partial charge in [0.15, 0.2) is 28.5 Å². The Labute approximate surface area is 195 Å². The fourth-order valence-electron chi connectivity index (χ4n) is 3.23. The lowest BCUT2D eigenvalue weighted by atomic mass is 10.1. The number of fused-ring (bicyclic) bond motifs is 1. The van der Waals surface area contributed by atoms with Crippen molar-refractivity contribution in [2.24, 2.45) is 0 Å². The van der Waals surface area contributed by atoms with Crippen LogP contribution in [0.3, 0.4) is 0 Å². The predicted octanol–water partition coefficient (Wildman–Crippen LogP) is 5.04. The number of aromatic hydroxyl groups is 1. The first-order valence-corrected chi connectivity index (χ1v) is 9.99. The van der Waals surface area contributed by atoms with Crippen LogP contribution in [0.4, 0.5) is 18.9 Å². The van der Waals surface area contributed by atoms with Crippen LogP contribution in [0.15, 0.2) is 48.5 Å². The van der Waals surface area contributed by atoms with E-state index in [-0.39, 0.29) is 33.5 Å². The predicted molar refractivity (Wildman–Crippen MR) is 118 cm³/mol. The van der Waals surface area contributed by atoms with E-state index in [4.69, 9.17) is 21.1 Å². The van der Waals surface area contributed by atoms with Gasteiger partial charge in [-0.3, -0.25) is 4.79 Å². The van der Waals surface area contributed by atoms with E-state index < -0.39 is 17.8 Å². The van der Waals surface area contributed by atoms with Gasteiger partial charge in [0.25, 0.3) is 5.91 Å². The number of phenols is 1. The summed E-state index contributed by atoms with van der Waals surface area (Å²) in [5, 5.41) is 16.3. The fourth-order valence-corrected chi connectivity index (χ4v) is 3.40. The van der Waals surface area contributed by atoms with Gasteiger partial charge in [0, 0.05) is 16.7 Å². The van der Waals surface area contributed by atoms with Gasteiger partial charge >= 0.3 is 6.18 Å². The summed E-state index contributed by atoms with van der Waals surface area (Å²) in [4.78, 5) is 16.9. The number of halogens is 4. The van der Waals surface area contributed by atoms with Crippen molar-refractivity contribution in [3.63, 3.8) is 0 Å². The number of carbonyl (C=O) groups is 1. The lowest BCUT2D eigenvalue weighted by Gasteiger charge is -2.12. The normalized spacial score (nSPS) is 11.5. The van der Waals surface area contributed by atoms with Crippen molar-refractivity contribution in [2.45, 2.75) is 6.18 Å². The maximum Gasteiger partial charge on any atom is 0.433 e. The molecule has 0 unspecified atom stereocenters. The highest BCUT2D eigenvalue weighted by Gasteiger charge is 2.35. The standard InChI is InChI=1S/C22H16ClF3N4O4/c1-33-17-6-3-11(7-18(17)34-2)13-9-19(22(24,25)26)30-20(27-13)10-15(29-30)21(32)28-14-8-12(23)4-5-16(14)31/h3-10,31H,1-2H3,(H,28,32). The van der Waals surface area contributed by atoms with Crippen LogP contribution in [-0.2, 0) is 6.18 Å². The Morgan fingerprint density at radius 2 is 1.79 bits per heavy atom. The van der Waals surface area contributed by atoms with Crippen molar-refractivity contribution in [3.8, 4) is 28.5 Å². The first-order chi connectivity index (χ1) is 16.1. The molecule has 8 nitrogen and oxygen atoms in total. The smallest absolute Gasteiger partial charge is 0.433 e. The summed E-state index contributed by atoms with van der Waals surface area (Å²) in [7, 11) is 2.84. The third-order valence-electron chi connectivity index (χ3n) is 4.84. The Morgan fingerprint density at radius 1 is 1.06 bits per heavy atom. The lowest BCUT2D eigenvalue weighted by molar-refractivity contribution is -0.142. The van der Waals surface area contributed by atoms with E-state index in [1.54, 1.807) is 6.07 Å². The van der Waals surface area contributed by atoms with Crippen LogP contribution >= 0.6 is 11.6 Å². The molecule has 2 heterocycles. The van der Waals surface area contributed by atoms with Gasteiger partial charge in [-0.15, -0.1) is 0 Å². The van der Waals surface area contributed by atoms with Crippen molar-refractivity contribution in [3.05, 3.63) is 64.9 Å². The zero-order valence-corrected chi connectivity index (χ0v) is 18.4. The molecule has 0 atom stereocenters. The summed E-state index contributed by atoms with van der Waals surface area (Å²) in [6.45, 7) is 0. The molecule has 0 radical (unpaired) electrons. The minimum Gasteiger partial charge on any atom is -0.506 e. The van der Waals surface area contributed by atoms with Gasteiger partial charge in [-0.2, -0.15) is 18.3 Å². The summed E-state index contributed by atoms with van der Waals surface area (Å²) >= 11 is 5.86. The van der Waals surface area contributed by atoms with E-state index in [9.17, 15) is 23.1 Å². The molecule has 2 N–H and O–H groups in total. The van der Waals surface area contributed by atoms with Crippen LogP contribution in [0.25, 0.3) is 16.9 Å². The topological polar surface area (TPSA) is 98.0 Å². The van der Waals surface area contributed by atoms with Crippen LogP contribution in [0.2, 0.25) is 5.02 Å². The molecule has 4 aromatic rings. The molecule has 2 aromatic heterocycles. The van der Waals surface area contributed by atoms with Crippen LogP contribution in [0.1, 0.15) is 16.2 Å². The number of anilines is 1. The molecule has 0 spiro atoms. The van der Waals surface area contributed by atoms with Crippen LogP contribution in [0.5, 0.6) is 17.2 Å². The third kappa shape index (κ3) is 4.42. The summed E-state index contributed by atoms with van der Waals surface area (Å²) < 4.78 is 52.5. The number of nitrogens with one attached hydrogen (secondary N) is 1. The van der Waals surface area contributed by atoms with E-state index in [0.29, 0.717) is 21.6 Å². The highest BCUT2D eigenvalue weighted by Crippen LogP contribution is 2.35. The monoisotopic (exact) mass is 492 g/mol. The Kier molecular flexibility index (Phi) is 5.96. The van der Waals surface area contributed by atoms with Gasteiger partial charge in [-0.1, -0.05) is 11.6 Å². The highest BCUT2D eigenvalue weighted by atomic mass is 35.5. The van der Waals surface area contributed by atoms with Gasteiger partial charge in [-0.05, 0) is 42.5 Å². The zero-order valence-electron chi connectivity index (χ0n) is 17.6. The Hall–Kier alpha value is -3.99. The number of benzene rings is 2. The first-order valence-electron chi connectivity index (χ1n) is 9.61. The lowest BCUT2D eigenvalue weighted by Crippen LogP contribution is -2.15. The van der Waals surface area contributed by atoms with Crippen LogP contribution in [-0.4, -0.2) is 39.8 Å². The molecule has 176 valence electrons. The second kappa shape index (κ2) is 8.75. The minimum atomic E-state index is -4.79. The summed E-state index contributed by atoms with van der Waals surface area (Å²) in [6, 6.07) is 10.5. The average Bonchev–Trinajstić information content (AvgIpc) is 3.24. The molecule has 0 saturated carbocycles. The Bertz CT molecular complexity index is 1410. The number of hydrogen-bond donors (Lipinski definition) is 2. The van der Waals surface area contributed by atoms with Gasteiger partial charge in [0.1, 0.15) is 5.75 Å². The average molecular weight is 493 g/mol. The van der Waals surface area contributed by atoms with Gasteiger partial charge in [-0.25, -0.2) is 9.50 Å². The highest BCUT2D eigenvalue weighted by molar-refractivity contribution is 6.31. The number of carbonyl (C=O) groups excluding carboxylic acids is 1. The number of rotatable bonds is 5. The molecular weight excluding hydrogens is 477 g/mol. The number of aromatic nitrogens is 3. The molecule has 34 heavy (non-hydrogen) atoms. The fraction of sp³-hybridized carbons (Fsp3) is 0.136. The van der Waals surface area contributed by atoms with Crippen LogP contribution in [0, 0.1) is 0 Å². The Morgan fingerprint density at radius 3 is 2.47 bits per heavy atom. The number of ether oxygens (including phenoxy) is 2. The summed E-state index contributed by atoms with van der Waals surface area (Å²) in [5.74, 6) is -0.420. The molecule has 0 aliphatic rings. The largest absolute Gasteiger partial charge is 0.506 e. The SMILES string of the molecule is COc1ccc(-c2cc(C(F)(F)F)n3nc(C(=O)Nc4cc(Cl)ccc4O)cc3n2)cc1OC. The molecule has 0 aliphatic heterocycles. The number of amides is 1. The first kappa shape index (κ1) is 23.2. The van der Waals surface area contributed by atoms with Crippen molar-refractivity contribution >= 4 is 28.8 Å². The molecule has 0 aliphatic carbocycles. The van der Waals surface area contributed by atoms with Crippen LogP contribution < -0.4 is 14.8 Å². The van der Waals surface area contributed by atoms with Crippen molar-refractivity contribution in [1.82, 2.24) is 14.6 Å². The second-order valence-corrected chi connectivity index (χ2v) is 7.45. The molecule has 0 bridgehead atoms. The third-order valence-corrected chi connectivity index (χ3v) is 5.07. The number of nitrogens with zero attached hydrogens (tertiary/aromatic N) is 3. The quantitative estimate of drug-likeness (QED) is 0.379. The van der Waals surface area contributed by atoms with Crippen molar-refractivity contribution < 1.29 is 32.5 Å². The molecule has 1 amide bonds. The molecule has 12 heteroatoms. The van der Waals surface area contributed by atoms with Gasteiger partial charge in [0.2, 0.25) is 0 Å². The molecule has 2 aromatic carbocycles. The summed E-state index contributed by atoms with van der Waals surface area (Å²) in [5.41, 5.74) is -1.39. The molecule has 4 rings (SSSR count). The number of methoxy groups -OCH3 is 2.